The van der Waals surface area contributed by atoms with Crippen LogP contribution in [0.3, 0.4) is 0 Å². The molecule has 0 radical (unpaired) electrons. The van der Waals surface area contributed by atoms with Crippen LogP contribution in [-0.4, -0.2) is 14.9 Å². The maximum Gasteiger partial charge on any atom is 0.191 e. The Balaban J connectivity index is 3.92. The molecular formula is C12H25NOSi. The number of nitrogens with zero attached hydrogens (tertiary/aromatic N) is 1. The van der Waals surface area contributed by atoms with Crippen LogP contribution >= 0.6 is 0 Å². The van der Waals surface area contributed by atoms with Gasteiger partial charge in [-0.2, -0.15) is 5.26 Å². The van der Waals surface area contributed by atoms with Crippen LogP contribution in [0.2, 0.25) is 18.1 Å². The van der Waals surface area contributed by atoms with Gasteiger partial charge in [0.2, 0.25) is 0 Å². The van der Waals surface area contributed by atoms with Crippen LogP contribution in [0.5, 0.6) is 0 Å². The van der Waals surface area contributed by atoms with Crippen molar-refractivity contribution in [2.75, 3.05) is 6.61 Å². The van der Waals surface area contributed by atoms with Crippen molar-refractivity contribution < 1.29 is 4.43 Å². The molecule has 3 heteroatoms. The Labute approximate surface area is 95.8 Å². The van der Waals surface area contributed by atoms with Crippen LogP contribution in [0.25, 0.3) is 0 Å². The van der Waals surface area contributed by atoms with Gasteiger partial charge in [-0.3, -0.25) is 0 Å². The monoisotopic (exact) mass is 227 g/mol. The van der Waals surface area contributed by atoms with Gasteiger partial charge in [0.15, 0.2) is 8.32 Å². The quantitative estimate of drug-likeness (QED) is 0.666. The molecule has 0 aromatic rings. The molecular weight excluding hydrogens is 202 g/mol. The van der Waals surface area contributed by atoms with E-state index in [-0.39, 0.29) is 5.04 Å². The Kier molecular flexibility index (Phi) is 5.54. The van der Waals surface area contributed by atoms with E-state index < -0.39 is 8.32 Å². The predicted molar refractivity (Wildman–Crippen MR) is 67.2 cm³/mol. The van der Waals surface area contributed by atoms with Gasteiger partial charge in [0, 0.05) is 13.0 Å². The molecule has 0 rings (SSSR count). The van der Waals surface area contributed by atoms with Gasteiger partial charge in [0.25, 0.3) is 0 Å². The third kappa shape index (κ3) is 5.34. The van der Waals surface area contributed by atoms with E-state index >= 15 is 0 Å². The summed E-state index contributed by atoms with van der Waals surface area (Å²) in [7, 11) is -1.58. The molecule has 0 N–H and O–H groups in total. The summed E-state index contributed by atoms with van der Waals surface area (Å²) in [6, 6.07) is 2.20. The molecule has 0 heterocycles. The van der Waals surface area contributed by atoms with Crippen molar-refractivity contribution in [3.05, 3.63) is 0 Å². The first kappa shape index (κ1) is 14.7. The molecule has 0 aromatic heterocycles. The summed E-state index contributed by atoms with van der Waals surface area (Å²) >= 11 is 0. The Bertz CT molecular complexity index is 225. The first-order valence-electron chi connectivity index (χ1n) is 5.71. The molecule has 0 saturated carbocycles. The second kappa shape index (κ2) is 5.67. The second-order valence-corrected chi connectivity index (χ2v) is 10.7. The van der Waals surface area contributed by atoms with Gasteiger partial charge in [-0.05, 0) is 30.5 Å². The van der Waals surface area contributed by atoms with Crippen LogP contribution < -0.4 is 0 Å². The maximum atomic E-state index is 8.54. The fourth-order valence-electron chi connectivity index (χ4n) is 0.990. The van der Waals surface area contributed by atoms with Crippen LogP contribution in [0.15, 0.2) is 0 Å². The number of nitriles is 1. The minimum Gasteiger partial charge on any atom is -0.417 e. The average molecular weight is 227 g/mol. The highest BCUT2D eigenvalue weighted by Gasteiger charge is 2.36. The lowest BCUT2D eigenvalue weighted by atomic mass is 10.1. The van der Waals surface area contributed by atoms with E-state index in [4.69, 9.17) is 9.69 Å². The van der Waals surface area contributed by atoms with E-state index in [0.29, 0.717) is 12.3 Å². The smallest absolute Gasteiger partial charge is 0.191 e. The summed E-state index contributed by atoms with van der Waals surface area (Å²) in [5.41, 5.74) is 0. The molecule has 0 amide bonds. The summed E-state index contributed by atoms with van der Waals surface area (Å²) in [5.74, 6) is 0.458. The van der Waals surface area contributed by atoms with Crippen LogP contribution in [0.4, 0.5) is 0 Å². The average Bonchev–Trinajstić information content (AvgIpc) is 2.01. The summed E-state index contributed by atoms with van der Waals surface area (Å²) in [6.07, 6.45) is 1.64. The third-order valence-corrected chi connectivity index (χ3v) is 7.86. The van der Waals surface area contributed by atoms with Crippen LogP contribution in [0, 0.1) is 17.2 Å². The zero-order valence-corrected chi connectivity index (χ0v) is 12.1. The van der Waals surface area contributed by atoms with E-state index in [1.165, 1.54) is 0 Å². The Morgan fingerprint density at radius 1 is 1.33 bits per heavy atom. The molecule has 2 nitrogen and oxygen atoms in total. The highest BCUT2D eigenvalue weighted by molar-refractivity contribution is 6.74. The summed E-state index contributed by atoms with van der Waals surface area (Å²) in [6.45, 7) is 14.2. The molecule has 0 bridgehead atoms. The lowest BCUT2D eigenvalue weighted by Crippen LogP contribution is -2.41. The van der Waals surface area contributed by atoms with Crippen molar-refractivity contribution in [2.24, 2.45) is 5.92 Å². The predicted octanol–water partition coefficient (Wildman–Crippen LogP) is 3.95. The largest absolute Gasteiger partial charge is 0.417 e. The topological polar surface area (TPSA) is 33.0 Å². The lowest BCUT2D eigenvalue weighted by Gasteiger charge is -2.36. The van der Waals surface area contributed by atoms with E-state index in [1.54, 1.807) is 0 Å². The number of hydrogen-bond acceptors (Lipinski definition) is 2. The molecule has 1 atom stereocenters. The fraction of sp³-hybridized carbons (Fsp3) is 0.917. The molecule has 15 heavy (non-hydrogen) atoms. The molecule has 0 aliphatic heterocycles. The molecule has 0 aromatic carbocycles. The molecule has 0 aliphatic rings. The van der Waals surface area contributed by atoms with Gasteiger partial charge in [0.1, 0.15) is 0 Å². The van der Waals surface area contributed by atoms with Gasteiger partial charge in [-0.25, -0.2) is 0 Å². The minimum atomic E-state index is -1.58. The summed E-state index contributed by atoms with van der Waals surface area (Å²) < 4.78 is 6.04. The molecule has 0 fully saturated rings. The lowest BCUT2D eigenvalue weighted by molar-refractivity contribution is 0.261. The summed E-state index contributed by atoms with van der Waals surface area (Å²) in [5, 5.41) is 8.83. The highest BCUT2D eigenvalue weighted by Crippen LogP contribution is 2.36. The Morgan fingerprint density at radius 2 is 1.87 bits per heavy atom. The molecule has 0 aliphatic carbocycles. The van der Waals surface area contributed by atoms with Crippen molar-refractivity contribution in [1.29, 1.82) is 5.26 Å². The van der Waals surface area contributed by atoms with E-state index in [2.05, 4.69) is 46.9 Å². The minimum absolute atomic E-state index is 0.283. The summed E-state index contributed by atoms with van der Waals surface area (Å²) in [4.78, 5) is 0. The maximum absolute atomic E-state index is 8.54. The normalized spacial score (nSPS) is 14.7. The van der Waals surface area contributed by atoms with Gasteiger partial charge in [-0.15, -0.1) is 0 Å². The van der Waals surface area contributed by atoms with Crippen molar-refractivity contribution >= 4 is 8.32 Å². The van der Waals surface area contributed by atoms with E-state index in [0.717, 1.165) is 13.0 Å². The highest BCUT2D eigenvalue weighted by atomic mass is 28.4. The van der Waals surface area contributed by atoms with Crippen molar-refractivity contribution in [3.8, 4) is 6.07 Å². The van der Waals surface area contributed by atoms with Crippen molar-refractivity contribution in [3.63, 3.8) is 0 Å². The molecule has 88 valence electrons. The number of rotatable bonds is 5. The standard InChI is InChI=1S/C12H25NOSi/c1-11(7-9-13)8-10-14-15(5,6)12(2,3)4/h11H,7-8,10H2,1-6H3/t11-/m1/s1. The zero-order chi connectivity index (χ0) is 12.1. The fourth-order valence-corrected chi connectivity index (χ4v) is 2.05. The Morgan fingerprint density at radius 3 is 2.27 bits per heavy atom. The van der Waals surface area contributed by atoms with Gasteiger partial charge >= 0.3 is 0 Å². The molecule has 0 unspecified atom stereocenters. The van der Waals surface area contributed by atoms with Crippen LogP contribution in [0.1, 0.15) is 40.5 Å². The van der Waals surface area contributed by atoms with Gasteiger partial charge < -0.3 is 4.43 Å². The Hall–Kier alpha value is -0.333. The zero-order valence-electron chi connectivity index (χ0n) is 11.1. The first-order valence-corrected chi connectivity index (χ1v) is 8.62. The van der Waals surface area contributed by atoms with Crippen molar-refractivity contribution in [1.82, 2.24) is 0 Å². The van der Waals surface area contributed by atoms with Crippen LogP contribution in [-0.2, 0) is 4.43 Å². The molecule has 0 spiro atoms. The SMILES string of the molecule is C[C@H](CC#N)CCO[Si](C)(C)C(C)(C)C. The molecule has 0 saturated heterocycles. The third-order valence-electron chi connectivity index (χ3n) is 3.32. The van der Waals surface area contributed by atoms with E-state index in [9.17, 15) is 0 Å². The van der Waals surface area contributed by atoms with Crippen molar-refractivity contribution in [2.45, 2.75) is 58.7 Å². The van der Waals surface area contributed by atoms with Gasteiger partial charge in [-0.1, -0.05) is 27.7 Å². The second-order valence-electron chi connectivity index (χ2n) is 5.86. The van der Waals surface area contributed by atoms with Gasteiger partial charge in [0.05, 0.1) is 6.07 Å². The van der Waals surface area contributed by atoms with E-state index in [1.807, 2.05) is 0 Å². The first-order chi connectivity index (χ1) is 6.70. The number of hydrogen-bond donors (Lipinski definition) is 0.